The summed E-state index contributed by atoms with van der Waals surface area (Å²) in [5.74, 6) is -0.467. The largest absolute Gasteiger partial charge is 0.495 e. The van der Waals surface area contributed by atoms with Crippen LogP contribution in [-0.4, -0.2) is 68.9 Å². The number of amides is 1. The van der Waals surface area contributed by atoms with Gasteiger partial charge in [0.05, 0.1) is 18.4 Å². The minimum absolute atomic E-state index is 0.117. The molecule has 0 saturated carbocycles. The number of methoxy groups -OCH3 is 1. The number of aryl methyl sites for hydroxylation is 1. The van der Waals surface area contributed by atoms with Crippen molar-refractivity contribution in [2.24, 2.45) is 0 Å². The normalized spacial score (nSPS) is 14.9. The van der Waals surface area contributed by atoms with Crippen LogP contribution in [0.2, 0.25) is 0 Å². The molecule has 0 atom stereocenters. The van der Waals surface area contributed by atoms with Crippen LogP contribution in [-0.2, 0) is 10.0 Å². The molecule has 11 heteroatoms. The predicted molar refractivity (Wildman–Crippen MR) is 114 cm³/mol. The van der Waals surface area contributed by atoms with Gasteiger partial charge in [-0.25, -0.2) is 13.9 Å². The van der Waals surface area contributed by atoms with Gasteiger partial charge < -0.3 is 9.64 Å². The van der Waals surface area contributed by atoms with Crippen molar-refractivity contribution in [3.63, 3.8) is 0 Å². The van der Waals surface area contributed by atoms with Crippen LogP contribution >= 0.6 is 0 Å². The number of benzene rings is 2. The number of rotatable bonds is 6. The highest BCUT2D eigenvalue weighted by Crippen LogP contribution is 2.30. The molecule has 1 saturated heterocycles. The predicted octanol–water partition coefficient (Wildman–Crippen LogP) is 1.67. The van der Waals surface area contributed by atoms with E-state index >= 15 is 0 Å². The second-order valence-electron chi connectivity index (χ2n) is 7.19. The van der Waals surface area contributed by atoms with Crippen molar-refractivity contribution >= 4 is 27.3 Å². The second kappa shape index (κ2) is 9.00. The summed E-state index contributed by atoms with van der Waals surface area (Å²) >= 11 is 0. The number of carbonyl (C=O) groups excluding carboxylic acids is 1. The van der Waals surface area contributed by atoms with Crippen LogP contribution < -0.4 is 15.1 Å². The number of hydrogen-bond acceptors (Lipinski definition) is 7. The summed E-state index contributed by atoms with van der Waals surface area (Å²) in [5, 5.41) is 9.08. The maximum absolute atomic E-state index is 13.2. The SMILES string of the molecule is COc1ccc(C)cc1S(=O)(=O)N1CCN(c2ccc([N+](C)=O)cc2C(=O)NO)CC1. The van der Waals surface area contributed by atoms with Gasteiger partial charge >= 0.3 is 0 Å². The Labute approximate surface area is 180 Å². The van der Waals surface area contributed by atoms with Crippen LogP contribution in [0.5, 0.6) is 5.75 Å². The third-order valence-corrected chi connectivity index (χ3v) is 7.13. The number of anilines is 1. The lowest BCUT2D eigenvalue weighted by Gasteiger charge is -2.36. The average molecular weight is 450 g/mol. The Morgan fingerprint density at radius 2 is 1.81 bits per heavy atom. The van der Waals surface area contributed by atoms with Crippen LogP contribution in [0.15, 0.2) is 41.3 Å². The van der Waals surface area contributed by atoms with E-state index in [4.69, 9.17) is 9.94 Å². The van der Waals surface area contributed by atoms with Crippen molar-refractivity contribution in [2.45, 2.75) is 11.8 Å². The molecule has 0 spiro atoms. The third-order valence-electron chi connectivity index (χ3n) is 5.21. The van der Waals surface area contributed by atoms with E-state index in [1.54, 1.807) is 35.8 Å². The standard InChI is InChI=1S/C20H24N4O6S/c1-14-4-7-18(30-3)19(12-14)31(28,29)24-10-8-23(9-11-24)17-6-5-15(22(2)27)13-16(17)20(25)21-26/h4-7,12-13H,8-11H2,1-3H3,(H-,21,25,26)/p+1. The zero-order chi connectivity index (χ0) is 22.8. The number of ether oxygens (including phenoxy) is 1. The summed E-state index contributed by atoms with van der Waals surface area (Å²) < 4.78 is 33.6. The second-order valence-corrected chi connectivity index (χ2v) is 9.09. The summed E-state index contributed by atoms with van der Waals surface area (Å²) in [6.45, 7) is 2.86. The van der Waals surface area contributed by atoms with Crippen LogP contribution in [0, 0.1) is 11.8 Å². The van der Waals surface area contributed by atoms with Crippen molar-refractivity contribution in [3.8, 4) is 5.75 Å². The third kappa shape index (κ3) is 4.53. The molecule has 0 radical (unpaired) electrons. The van der Waals surface area contributed by atoms with Gasteiger partial charge in [0.15, 0.2) is 7.05 Å². The Bertz CT molecular complexity index is 1110. The zero-order valence-electron chi connectivity index (χ0n) is 17.5. The van der Waals surface area contributed by atoms with E-state index in [0.717, 1.165) is 5.56 Å². The molecule has 2 aromatic carbocycles. The molecule has 1 aliphatic heterocycles. The Kier molecular flexibility index (Phi) is 6.58. The van der Waals surface area contributed by atoms with Crippen LogP contribution in [0.3, 0.4) is 0 Å². The lowest BCUT2D eigenvalue weighted by Crippen LogP contribution is -2.49. The van der Waals surface area contributed by atoms with Gasteiger partial charge in [-0.1, -0.05) is 6.07 Å². The summed E-state index contributed by atoms with van der Waals surface area (Å²) in [7, 11) is -1.03. The van der Waals surface area contributed by atoms with E-state index in [0.29, 0.717) is 23.5 Å². The molecule has 2 aromatic rings. The zero-order valence-corrected chi connectivity index (χ0v) is 18.3. The first-order valence-electron chi connectivity index (χ1n) is 9.58. The van der Waals surface area contributed by atoms with Crippen molar-refractivity contribution in [1.82, 2.24) is 9.79 Å². The topological polar surface area (TPSA) is 119 Å². The fourth-order valence-corrected chi connectivity index (χ4v) is 5.19. The molecule has 0 aromatic heterocycles. The lowest BCUT2D eigenvalue weighted by atomic mass is 10.1. The molecule has 1 fully saturated rings. The first-order chi connectivity index (χ1) is 14.7. The van der Waals surface area contributed by atoms with Crippen molar-refractivity contribution < 1.29 is 27.9 Å². The van der Waals surface area contributed by atoms with Gasteiger partial charge in [0.1, 0.15) is 10.6 Å². The highest BCUT2D eigenvalue weighted by atomic mass is 32.2. The van der Waals surface area contributed by atoms with Gasteiger partial charge in [-0.15, -0.1) is 0 Å². The van der Waals surface area contributed by atoms with Crippen molar-refractivity contribution in [1.29, 1.82) is 0 Å². The molecule has 2 N–H and O–H groups in total. The van der Waals surface area contributed by atoms with Gasteiger partial charge in [0.25, 0.3) is 11.6 Å². The number of carbonyl (C=O) groups is 1. The summed E-state index contributed by atoms with van der Waals surface area (Å²) in [4.78, 5) is 25.7. The van der Waals surface area contributed by atoms with Gasteiger partial charge in [-0.3, -0.25) is 10.0 Å². The summed E-state index contributed by atoms with van der Waals surface area (Å²) in [6, 6.07) is 9.57. The fraction of sp³-hybridized carbons (Fsp3) is 0.350. The lowest BCUT2D eigenvalue weighted by molar-refractivity contribution is -0.428. The molecule has 0 bridgehead atoms. The molecule has 166 valence electrons. The van der Waals surface area contributed by atoms with Crippen LogP contribution in [0.1, 0.15) is 15.9 Å². The maximum Gasteiger partial charge on any atom is 0.276 e. The van der Waals surface area contributed by atoms with E-state index in [9.17, 15) is 18.1 Å². The number of piperazine rings is 1. The number of hydrogen-bond donors (Lipinski definition) is 2. The van der Waals surface area contributed by atoms with E-state index in [1.165, 1.54) is 24.5 Å². The first-order valence-corrected chi connectivity index (χ1v) is 11.0. The van der Waals surface area contributed by atoms with Gasteiger partial charge in [-0.2, -0.15) is 4.31 Å². The number of nitrogens with zero attached hydrogens (tertiary/aromatic N) is 3. The fourth-order valence-electron chi connectivity index (χ4n) is 3.53. The maximum atomic E-state index is 13.2. The number of nitrogens with one attached hydrogen (secondary N) is 1. The molecule has 1 amide bonds. The Morgan fingerprint density at radius 3 is 2.39 bits per heavy atom. The number of sulfonamides is 1. The molecule has 10 nitrogen and oxygen atoms in total. The Morgan fingerprint density at radius 1 is 1.13 bits per heavy atom. The average Bonchev–Trinajstić information content (AvgIpc) is 2.78. The molecule has 0 aliphatic carbocycles. The number of hydroxylamine groups is 1. The van der Waals surface area contributed by atoms with Gasteiger partial charge in [0.2, 0.25) is 10.0 Å². The molecule has 1 heterocycles. The molecular weight excluding hydrogens is 424 g/mol. The molecule has 1 aliphatic rings. The van der Waals surface area contributed by atoms with Crippen LogP contribution in [0.4, 0.5) is 11.4 Å². The Balaban J connectivity index is 1.85. The molecule has 3 rings (SSSR count). The highest BCUT2D eigenvalue weighted by molar-refractivity contribution is 7.89. The minimum Gasteiger partial charge on any atom is -0.495 e. The Hall–Kier alpha value is -3.02. The molecule has 31 heavy (non-hydrogen) atoms. The van der Waals surface area contributed by atoms with Crippen molar-refractivity contribution in [3.05, 3.63) is 52.4 Å². The summed E-state index contributed by atoms with van der Waals surface area (Å²) in [6.07, 6.45) is 0. The molecule has 0 unspecified atom stereocenters. The smallest absolute Gasteiger partial charge is 0.276 e. The summed E-state index contributed by atoms with van der Waals surface area (Å²) in [5.41, 5.74) is 3.29. The minimum atomic E-state index is -3.77. The highest BCUT2D eigenvalue weighted by Gasteiger charge is 2.32. The van der Waals surface area contributed by atoms with E-state index < -0.39 is 15.9 Å². The van der Waals surface area contributed by atoms with E-state index in [-0.39, 0.29) is 35.0 Å². The van der Waals surface area contributed by atoms with Gasteiger partial charge in [0, 0.05) is 48.0 Å². The quantitative estimate of drug-likeness (QED) is 0.391. The van der Waals surface area contributed by atoms with E-state index in [1.807, 2.05) is 11.8 Å². The number of nitroso groups, excluding NO2 is 1. The van der Waals surface area contributed by atoms with E-state index in [2.05, 4.69) is 0 Å². The van der Waals surface area contributed by atoms with Crippen molar-refractivity contribution in [2.75, 3.05) is 45.2 Å². The molecular formula is C20H25N4O6S+. The van der Waals surface area contributed by atoms with Gasteiger partial charge in [-0.05, 0) is 30.7 Å². The first kappa shape index (κ1) is 22.7. The monoisotopic (exact) mass is 449 g/mol. The van der Waals surface area contributed by atoms with Crippen LogP contribution in [0.25, 0.3) is 0 Å².